The summed E-state index contributed by atoms with van der Waals surface area (Å²) in [6.45, 7) is 2.50. The van der Waals surface area contributed by atoms with E-state index in [1.54, 1.807) is 4.90 Å². The highest BCUT2D eigenvalue weighted by atomic mass is 35.5. The van der Waals surface area contributed by atoms with E-state index < -0.39 is 5.82 Å². The van der Waals surface area contributed by atoms with E-state index in [0.29, 0.717) is 25.2 Å². The fraction of sp³-hybridized carbons (Fsp3) is 0.192. The van der Waals surface area contributed by atoms with Crippen LogP contribution in [0.4, 0.5) is 10.2 Å². The maximum Gasteiger partial charge on any atom is 0.253 e. The van der Waals surface area contributed by atoms with Crippen LogP contribution in [0.25, 0.3) is 22.3 Å². The molecule has 3 aromatic carbocycles. The molecule has 1 aliphatic heterocycles. The van der Waals surface area contributed by atoms with Crippen molar-refractivity contribution in [2.75, 3.05) is 31.1 Å². The number of hydrogen-bond donors (Lipinski definition) is 0. The van der Waals surface area contributed by atoms with Gasteiger partial charge in [-0.15, -0.1) is 0 Å². The van der Waals surface area contributed by atoms with Crippen LogP contribution in [-0.2, 0) is 0 Å². The van der Waals surface area contributed by atoms with Crippen molar-refractivity contribution < 1.29 is 9.18 Å². The van der Waals surface area contributed by atoms with Crippen LogP contribution in [0.2, 0.25) is 5.02 Å². The highest BCUT2D eigenvalue weighted by Gasteiger charge is 2.24. The van der Waals surface area contributed by atoms with E-state index in [4.69, 9.17) is 21.6 Å². The molecule has 0 atom stereocenters. The Balaban J connectivity index is 1.45. The molecule has 0 aliphatic carbocycles. The summed E-state index contributed by atoms with van der Waals surface area (Å²) in [4.78, 5) is 26.9. The Hall–Kier alpha value is -3.51. The molecule has 0 N–H and O–H groups in total. The third-order valence-corrected chi connectivity index (χ3v) is 6.14. The number of nitrogens with zero attached hydrogens (tertiary/aromatic N) is 4. The quantitative estimate of drug-likeness (QED) is 0.408. The lowest BCUT2D eigenvalue weighted by Gasteiger charge is -2.25. The molecule has 1 aromatic heterocycles. The van der Waals surface area contributed by atoms with Gasteiger partial charge >= 0.3 is 0 Å². The normalized spacial score (nSPS) is 14.4. The van der Waals surface area contributed by atoms with Gasteiger partial charge in [0.05, 0.1) is 16.1 Å². The van der Waals surface area contributed by atoms with E-state index in [1.807, 2.05) is 54.6 Å². The van der Waals surface area contributed by atoms with Gasteiger partial charge in [0.15, 0.2) is 5.82 Å². The van der Waals surface area contributed by atoms with Gasteiger partial charge in [-0.1, -0.05) is 54.1 Å². The number of carbonyl (C=O) groups excluding carboxylic acids is 1. The minimum Gasteiger partial charge on any atom is -0.353 e. The molecule has 1 amide bonds. The second kappa shape index (κ2) is 9.16. The summed E-state index contributed by atoms with van der Waals surface area (Å²) < 4.78 is 13.5. The van der Waals surface area contributed by atoms with Crippen molar-refractivity contribution in [3.8, 4) is 11.3 Å². The predicted octanol–water partition coefficient (Wildman–Crippen LogP) is 5.44. The molecule has 1 aliphatic rings. The predicted molar refractivity (Wildman–Crippen MR) is 129 cm³/mol. The van der Waals surface area contributed by atoms with Gasteiger partial charge in [-0.25, -0.2) is 14.4 Å². The van der Waals surface area contributed by atoms with E-state index in [-0.39, 0.29) is 10.9 Å². The lowest BCUT2D eigenvalue weighted by Crippen LogP contribution is -2.35. The summed E-state index contributed by atoms with van der Waals surface area (Å²) in [7, 11) is 0. The number of carbonyl (C=O) groups is 1. The fourth-order valence-electron chi connectivity index (χ4n) is 4.14. The average Bonchev–Trinajstić information content (AvgIpc) is 3.11. The molecule has 166 valence electrons. The molecule has 5 nitrogen and oxygen atoms in total. The van der Waals surface area contributed by atoms with Gasteiger partial charge in [-0.2, -0.15) is 0 Å². The molecule has 1 fully saturated rings. The van der Waals surface area contributed by atoms with Crippen molar-refractivity contribution >= 4 is 34.4 Å². The van der Waals surface area contributed by atoms with Crippen LogP contribution in [0.3, 0.4) is 0 Å². The van der Waals surface area contributed by atoms with Crippen LogP contribution in [0, 0.1) is 5.82 Å². The summed E-state index contributed by atoms with van der Waals surface area (Å²) in [5.41, 5.74) is 3.92. The summed E-state index contributed by atoms with van der Waals surface area (Å²) in [6, 6.07) is 22.0. The Labute approximate surface area is 196 Å². The van der Waals surface area contributed by atoms with Crippen molar-refractivity contribution in [3.05, 3.63) is 89.2 Å². The molecule has 1 saturated heterocycles. The number of para-hydroxylation sites is 2. The van der Waals surface area contributed by atoms with Crippen LogP contribution in [-0.4, -0.2) is 47.0 Å². The van der Waals surface area contributed by atoms with Crippen molar-refractivity contribution in [1.82, 2.24) is 14.9 Å². The number of aromatic nitrogens is 2. The number of halogens is 2. The monoisotopic (exact) mass is 460 g/mol. The van der Waals surface area contributed by atoms with Gasteiger partial charge in [-0.05, 0) is 36.8 Å². The topological polar surface area (TPSA) is 49.3 Å². The Kier molecular flexibility index (Phi) is 5.92. The Bertz CT molecular complexity index is 1310. The molecule has 7 heteroatoms. The van der Waals surface area contributed by atoms with Crippen LogP contribution in [0.1, 0.15) is 16.8 Å². The molecular formula is C26H22ClFN4O. The summed E-state index contributed by atoms with van der Waals surface area (Å²) in [5.74, 6) is 0.143. The minimum atomic E-state index is -0.529. The fourth-order valence-corrected chi connectivity index (χ4v) is 4.33. The second-order valence-corrected chi connectivity index (χ2v) is 8.42. The van der Waals surface area contributed by atoms with Crippen LogP contribution in [0.15, 0.2) is 72.8 Å². The van der Waals surface area contributed by atoms with Gasteiger partial charge in [0, 0.05) is 37.3 Å². The molecule has 0 spiro atoms. The maximum absolute atomic E-state index is 13.5. The first-order valence-corrected chi connectivity index (χ1v) is 11.3. The molecule has 0 saturated carbocycles. The molecule has 33 heavy (non-hydrogen) atoms. The van der Waals surface area contributed by atoms with E-state index in [0.717, 1.165) is 41.1 Å². The van der Waals surface area contributed by atoms with E-state index in [9.17, 15) is 9.18 Å². The number of fused-ring (bicyclic) bond motifs is 1. The number of benzene rings is 3. The van der Waals surface area contributed by atoms with Crippen molar-refractivity contribution in [2.24, 2.45) is 0 Å². The highest BCUT2D eigenvalue weighted by molar-refractivity contribution is 6.31. The zero-order chi connectivity index (χ0) is 22.8. The standard InChI is InChI=1S/C26H22ClFN4O/c27-20-17-19(11-12-21(20)28)26(33)32-14-6-13-31(15-16-32)25-24(18-7-2-1-3-8-18)29-22-9-4-5-10-23(22)30-25/h1-5,7-12,17H,6,13-16H2. The summed E-state index contributed by atoms with van der Waals surface area (Å²) in [6.07, 6.45) is 0.781. The number of anilines is 1. The minimum absolute atomic E-state index is 0.0451. The van der Waals surface area contributed by atoms with Crippen LogP contribution in [0.5, 0.6) is 0 Å². The molecule has 0 bridgehead atoms. The van der Waals surface area contributed by atoms with Crippen molar-refractivity contribution in [3.63, 3.8) is 0 Å². The molecule has 5 rings (SSSR count). The number of hydrogen-bond acceptors (Lipinski definition) is 4. The molecular weight excluding hydrogens is 439 g/mol. The molecule has 4 aromatic rings. The molecule has 0 unspecified atom stereocenters. The maximum atomic E-state index is 13.5. The summed E-state index contributed by atoms with van der Waals surface area (Å²) >= 11 is 5.89. The third-order valence-electron chi connectivity index (χ3n) is 5.85. The summed E-state index contributed by atoms with van der Waals surface area (Å²) in [5, 5.41) is -0.0451. The highest BCUT2D eigenvalue weighted by Crippen LogP contribution is 2.30. The first kappa shape index (κ1) is 21.3. The average molecular weight is 461 g/mol. The Morgan fingerprint density at radius 3 is 2.33 bits per heavy atom. The van der Waals surface area contributed by atoms with Gasteiger partial charge in [0.2, 0.25) is 0 Å². The Morgan fingerprint density at radius 1 is 0.848 bits per heavy atom. The van der Waals surface area contributed by atoms with Gasteiger partial charge in [0.25, 0.3) is 5.91 Å². The Morgan fingerprint density at radius 2 is 1.58 bits per heavy atom. The van der Waals surface area contributed by atoms with Crippen molar-refractivity contribution in [1.29, 1.82) is 0 Å². The van der Waals surface area contributed by atoms with E-state index >= 15 is 0 Å². The van der Waals surface area contributed by atoms with E-state index in [1.165, 1.54) is 18.2 Å². The molecule has 2 heterocycles. The number of rotatable bonds is 3. The van der Waals surface area contributed by atoms with Gasteiger partial charge < -0.3 is 9.80 Å². The third kappa shape index (κ3) is 4.39. The SMILES string of the molecule is O=C(c1ccc(F)c(Cl)c1)N1CCCN(c2nc3ccccc3nc2-c2ccccc2)CC1. The van der Waals surface area contributed by atoms with E-state index in [2.05, 4.69) is 4.90 Å². The first-order valence-electron chi connectivity index (χ1n) is 10.9. The lowest BCUT2D eigenvalue weighted by molar-refractivity contribution is 0.0767. The first-order chi connectivity index (χ1) is 16.1. The van der Waals surface area contributed by atoms with Crippen molar-refractivity contribution in [2.45, 2.75) is 6.42 Å². The zero-order valence-corrected chi connectivity index (χ0v) is 18.7. The largest absolute Gasteiger partial charge is 0.353 e. The van der Waals surface area contributed by atoms with Crippen LogP contribution >= 0.6 is 11.6 Å². The smallest absolute Gasteiger partial charge is 0.253 e. The number of amides is 1. The second-order valence-electron chi connectivity index (χ2n) is 8.01. The zero-order valence-electron chi connectivity index (χ0n) is 17.9. The molecule has 0 radical (unpaired) electrons. The van der Waals surface area contributed by atoms with Gasteiger partial charge in [0.1, 0.15) is 11.5 Å². The lowest BCUT2D eigenvalue weighted by atomic mass is 10.1. The van der Waals surface area contributed by atoms with Gasteiger partial charge in [-0.3, -0.25) is 4.79 Å². The van der Waals surface area contributed by atoms with Crippen LogP contribution < -0.4 is 4.90 Å².